The first kappa shape index (κ1) is 29.7. The number of benzene rings is 2. The summed E-state index contributed by atoms with van der Waals surface area (Å²) in [6.45, 7) is 8.00. The van der Waals surface area contributed by atoms with Crippen molar-refractivity contribution < 1.29 is 54.7 Å². The molecule has 0 unspecified atom stereocenters. The molecule has 2 aromatic rings. The van der Waals surface area contributed by atoms with E-state index in [0.717, 1.165) is 36.5 Å². The van der Waals surface area contributed by atoms with E-state index >= 15 is 0 Å². The predicted molar refractivity (Wildman–Crippen MR) is 130 cm³/mol. The Morgan fingerprint density at radius 2 is 1.69 bits per heavy atom. The molecule has 7 nitrogen and oxygen atoms in total. The number of aryl methyl sites for hydroxylation is 1. The molecule has 0 radical (unpaired) electrons. The molecule has 0 aromatic heterocycles. The van der Waals surface area contributed by atoms with Crippen LogP contribution in [-0.4, -0.2) is 62.1 Å². The number of hydrogen-bond donors (Lipinski definition) is 1. The molecule has 2 aliphatic rings. The number of carbonyl (C=O) groups is 1. The third kappa shape index (κ3) is 8.83. The molecule has 0 amide bonds. The second-order valence-electron chi connectivity index (χ2n) is 8.78. The van der Waals surface area contributed by atoms with Crippen LogP contribution < -0.4 is 4.74 Å². The fourth-order valence-electron chi connectivity index (χ4n) is 4.06. The zero-order valence-electron chi connectivity index (χ0n) is 20.9. The summed E-state index contributed by atoms with van der Waals surface area (Å²) in [5.74, 6) is 0.482. The number of fused-ring (bicyclic) bond motifs is 2. The molecule has 8 heteroatoms. The standard InChI is InChI=1S/C24H30O7.C3H8.W/c1-2-10-28-24(26)31-19-9-8-17-12-16(6-7-18(17)13-19)5-3-4-11-27-21-15-30-22-20(25)14-29-23(21)22;1-3-2;/h6-9,12-13,20-23,25H,2-5,10-11,14-15H2,1H3;3H2,1-2H3;/t20-,21-,22-,23-;;/m1../s1. The van der Waals surface area contributed by atoms with Crippen molar-refractivity contribution in [1.29, 1.82) is 0 Å². The fourth-order valence-corrected chi connectivity index (χ4v) is 4.06. The van der Waals surface area contributed by atoms with Crippen molar-refractivity contribution in [3.8, 4) is 5.75 Å². The largest absolute Gasteiger partial charge is 0.513 e. The van der Waals surface area contributed by atoms with E-state index in [0.29, 0.717) is 32.2 Å². The van der Waals surface area contributed by atoms with E-state index in [4.69, 9.17) is 23.7 Å². The van der Waals surface area contributed by atoms with Crippen LogP contribution in [0.15, 0.2) is 36.4 Å². The molecule has 0 aliphatic carbocycles. The van der Waals surface area contributed by atoms with Crippen LogP contribution in [0.2, 0.25) is 0 Å². The second-order valence-corrected chi connectivity index (χ2v) is 8.78. The fraction of sp³-hybridized carbons (Fsp3) is 0.593. The Morgan fingerprint density at radius 1 is 0.971 bits per heavy atom. The van der Waals surface area contributed by atoms with E-state index in [1.165, 1.54) is 12.0 Å². The Hall–Kier alpha value is -1.50. The SMILES string of the molecule is CCC.CCCOC(=O)Oc1ccc2cc(CCCCO[C@@H]3CO[C@H]4[C@@H]3OC[C@H]4O)ccc2c1.[W]. The molecule has 2 aromatic carbocycles. The monoisotopic (exact) mass is 658 g/mol. The van der Waals surface area contributed by atoms with Crippen LogP contribution in [0.1, 0.15) is 52.0 Å². The molecule has 35 heavy (non-hydrogen) atoms. The molecular formula is C27H38O7W. The van der Waals surface area contributed by atoms with Crippen molar-refractivity contribution in [3.63, 3.8) is 0 Å². The minimum Gasteiger partial charge on any atom is -0.434 e. The summed E-state index contributed by atoms with van der Waals surface area (Å²) in [5, 5.41) is 11.9. The van der Waals surface area contributed by atoms with Crippen molar-refractivity contribution in [1.82, 2.24) is 0 Å². The van der Waals surface area contributed by atoms with Crippen LogP contribution in [0, 0.1) is 0 Å². The number of rotatable bonds is 9. The van der Waals surface area contributed by atoms with Crippen molar-refractivity contribution in [2.24, 2.45) is 0 Å². The van der Waals surface area contributed by atoms with Gasteiger partial charge in [0.2, 0.25) is 0 Å². The van der Waals surface area contributed by atoms with Crippen LogP contribution >= 0.6 is 0 Å². The average molecular weight is 658 g/mol. The predicted octanol–water partition coefficient (Wildman–Crippen LogP) is 5.05. The molecule has 194 valence electrons. The van der Waals surface area contributed by atoms with Gasteiger partial charge in [-0.25, -0.2) is 4.79 Å². The first-order chi connectivity index (χ1) is 16.5. The Bertz CT molecular complexity index is 906. The van der Waals surface area contributed by atoms with E-state index in [1.54, 1.807) is 6.07 Å². The summed E-state index contributed by atoms with van der Waals surface area (Å²) in [7, 11) is 0. The summed E-state index contributed by atoms with van der Waals surface area (Å²) >= 11 is 0. The quantitative estimate of drug-likeness (QED) is 0.230. The second kappa shape index (κ2) is 15.6. The van der Waals surface area contributed by atoms with E-state index in [1.807, 2.05) is 25.1 Å². The van der Waals surface area contributed by atoms with Gasteiger partial charge in [-0.3, -0.25) is 0 Å². The molecule has 4 rings (SSSR count). The minimum atomic E-state index is -0.671. The van der Waals surface area contributed by atoms with Gasteiger partial charge in [0.25, 0.3) is 0 Å². The maximum Gasteiger partial charge on any atom is 0.513 e. The van der Waals surface area contributed by atoms with Gasteiger partial charge >= 0.3 is 6.16 Å². The minimum absolute atomic E-state index is 0. The van der Waals surface area contributed by atoms with E-state index < -0.39 is 12.3 Å². The van der Waals surface area contributed by atoms with Gasteiger partial charge in [-0.2, -0.15) is 0 Å². The molecule has 4 atom stereocenters. The molecule has 0 spiro atoms. The van der Waals surface area contributed by atoms with Crippen molar-refractivity contribution in [2.45, 2.75) is 77.3 Å². The van der Waals surface area contributed by atoms with Crippen molar-refractivity contribution >= 4 is 16.9 Å². The molecule has 2 fully saturated rings. The van der Waals surface area contributed by atoms with Crippen LogP contribution in [0.25, 0.3) is 10.8 Å². The third-order valence-corrected chi connectivity index (χ3v) is 5.67. The summed E-state index contributed by atoms with van der Waals surface area (Å²) in [5.41, 5.74) is 1.26. The maximum atomic E-state index is 11.6. The zero-order chi connectivity index (χ0) is 24.3. The van der Waals surface area contributed by atoms with Gasteiger partial charge in [0.05, 0.1) is 19.8 Å². The zero-order valence-corrected chi connectivity index (χ0v) is 23.9. The number of aliphatic hydroxyl groups excluding tert-OH is 1. The Labute approximate surface area is 222 Å². The first-order valence-electron chi connectivity index (χ1n) is 12.5. The third-order valence-electron chi connectivity index (χ3n) is 5.67. The number of ether oxygens (including phenoxy) is 5. The van der Waals surface area contributed by atoms with Gasteiger partial charge < -0.3 is 28.8 Å². The number of carbonyl (C=O) groups excluding carboxylic acids is 1. The molecule has 1 N–H and O–H groups in total. The van der Waals surface area contributed by atoms with Gasteiger partial charge in [0, 0.05) is 27.7 Å². The van der Waals surface area contributed by atoms with Crippen LogP contribution in [0.4, 0.5) is 4.79 Å². The number of unbranched alkanes of at least 4 members (excludes halogenated alkanes) is 1. The van der Waals surface area contributed by atoms with Crippen molar-refractivity contribution in [3.05, 3.63) is 42.0 Å². The van der Waals surface area contributed by atoms with Crippen molar-refractivity contribution in [2.75, 3.05) is 26.4 Å². The summed E-state index contributed by atoms with van der Waals surface area (Å²) in [4.78, 5) is 11.6. The van der Waals surface area contributed by atoms with Crippen LogP contribution in [0.3, 0.4) is 0 Å². The molecule has 2 aliphatic heterocycles. The average Bonchev–Trinajstić information content (AvgIpc) is 3.41. The van der Waals surface area contributed by atoms with Crippen LogP contribution in [-0.2, 0) is 46.4 Å². The Kier molecular flexibility index (Phi) is 13.2. The van der Waals surface area contributed by atoms with E-state index in [9.17, 15) is 9.90 Å². The van der Waals surface area contributed by atoms with E-state index in [-0.39, 0.29) is 39.4 Å². The Balaban J connectivity index is 0.00000103. The summed E-state index contributed by atoms with van der Waals surface area (Å²) in [6.07, 6.45) is 3.26. The molecule has 2 saturated heterocycles. The summed E-state index contributed by atoms with van der Waals surface area (Å²) < 4.78 is 27.3. The first-order valence-corrected chi connectivity index (χ1v) is 12.5. The molecule has 2 heterocycles. The smallest absolute Gasteiger partial charge is 0.434 e. The van der Waals surface area contributed by atoms with Gasteiger partial charge in [-0.05, 0) is 54.2 Å². The van der Waals surface area contributed by atoms with E-state index in [2.05, 4.69) is 26.0 Å². The van der Waals surface area contributed by atoms with Crippen LogP contribution in [0.5, 0.6) is 5.75 Å². The van der Waals surface area contributed by atoms with Gasteiger partial charge in [0.1, 0.15) is 30.2 Å². The maximum absolute atomic E-state index is 11.6. The van der Waals surface area contributed by atoms with Gasteiger partial charge in [-0.15, -0.1) is 0 Å². The molecule has 0 bridgehead atoms. The Morgan fingerprint density at radius 3 is 2.46 bits per heavy atom. The molecular weight excluding hydrogens is 620 g/mol. The topological polar surface area (TPSA) is 83.5 Å². The number of hydrogen-bond acceptors (Lipinski definition) is 7. The molecule has 0 saturated carbocycles. The summed E-state index contributed by atoms with van der Waals surface area (Å²) in [6, 6.07) is 11.9. The normalized spacial score (nSPS) is 22.6. The van der Waals surface area contributed by atoms with Gasteiger partial charge in [-0.1, -0.05) is 51.5 Å². The van der Waals surface area contributed by atoms with Gasteiger partial charge in [0.15, 0.2) is 0 Å². The number of aliphatic hydroxyl groups is 1.